The lowest BCUT2D eigenvalue weighted by molar-refractivity contribution is -0.122. The van der Waals surface area contributed by atoms with Crippen molar-refractivity contribution in [2.75, 3.05) is 0 Å². The largest absolute Gasteiger partial charge is 0.464 e. The summed E-state index contributed by atoms with van der Waals surface area (Å²) in [4.78, 5) is 12.3. The molecule has 0 saturated heterocycles. The number of benzene rings is 1. The van der Waals surface area contributed by atoms with Crippen molar-refractivity contribution in [3.8, 4) is 0 Å². The molecule has 2 aliphatic heterocycles. The van der Waals surface area contributed by atoms with Crippen LogP contribution in [0, 0.1) is 0 Å². The van der Waals surface area contributed by atoms with Gasteiger partial charge in [-0.15, -0.1) is 0 Å². The molecule has 0 bridgehead atoms. The van der Waals surface area contributed by atoms with E-state index in [2.05, 4.69) is 10.6 Å². The van der Waals surface area contributed by atoms with Gasteiger partial charge in [0.15, 0.2) is 15.6 Å². The second kappa shape index (κ2) is 6.14. The lowest BCUT2D eigenvalue weighted by Gasteiger charge is -2.19. The predicted molar refractivity (Wildman–Crippen MR) is 94.8 cm³/mol. The average Bonchev–Trinajstić information content (AvgIpc) is 3.27. The first-order valence-electron chi connectivity index (χ1n) is 8.51. The highest BCUT2D eigenvalue weighted by Gasteiger charge is 2.40. The Morgan fingerprint density at radius 2 is 2.04 bits per heavy atom. The molecular formula is C18H20N2O5S. The van der Waals surface area contributed by atoms with Crippen LogP contribution in [-0.4, -0.2) is 36.8 Å². The van der Waals surface area contributed by atoms with Gasteiger partial charge in [0.2, 0.25) is 0 Å². The number of hydrogen-bond acceptors (Lipinski definition) is 7. The van der Waals surface area contributed by atoms with Crippen LogP contribution in [0.3, 0.4) is 0 Å². The number of carbonyl (C=O) groups is 1. The van der Waals surface area contributed by atoms with Crippen LogP contribution in [0.25, 0.3) is 11.0 Å². The third-order valence-electron chi connectivity index (χ3n) is 4.86. The van der Waals surface area contributed by atoms with Crippen molar-refractivity contribution < 1.29 is 22.7 Å². The number of sulfone groups is 1. The van der Waals surface area contributed by atoms with Gasteiger partial charge in [0.05, 0.1) is 23.3 Å². The van der Waals surface area contributed by atoms with Crippen molar-refractivity contribution in [2.24, 2.45) is 0 Å². The smallest absolute Gasteiger partial charge is 0.199 e. The van der Waals surface area contributed by atoms with Gasteiger partial charge in [-0.05, 0) is 31.2 Å². The number of aliphatic hydroxyl groups is 1. The maximum Gasteiger partial charge on any atom is 0.199 e. The highest BCUT2D eigenvalue weighted by molar-refractivity contribution is 7.92. The molecule has 3 atom stereocenters. The fraction of sp³-hybridized carbons (Fsp3) is 0.389. The number of fused-ring (bicyclic) bond motifs is 1. The maximum atomic E-state index is 12.9. The van der Waals surface area contributed by atoms with E-state index in [1.54, 1.807) is 31.2 Å². The van der Waals surface area contributed by atoms with Crippen LogP contribution in [0.15, 0.2) is 51.2 Å². The van der Waals surface area contributed by atoms with Crippen LogP contribution in [0.5, 0.6) is 0 Å². The Bertz CT molecular complexity index is 988. The Balaban J connectivity index is 1.48. The van der Waals surface area contributed by atoms with E-state index in [0.717, 1.165) is 16.8 Å². The van der Waals surface area contributed by atoms with Crippen molar-refractivity contribution in [2.45, 2.75) is 48.6 Å². The molecule has 8 heteroatoms. The van der Waals surface area contributed by atoms with E-state index in [9.17, 15) is 18.3 Å². The first kappa shape index (κ1) is 17.1. The molecule has 3 heterocycles. The zero-order chi connectivity index (χ0) is 18.5. The highest BCUT2D eigenvalue weighted by atomic mass is 32.2. The monoisotopic (exact) mass is 376 g/mol. The zero-order valence-corrected chi connectivity index (χ0v) is 15.0. The van der Waals surface area contributed by atoms with Crippen molar-refractivity contribution >= 4 is 26.6 Å². The van der Waals surface area contributed by atoms with E-state index < -0.39 is 27.4 Å². The topological polar surface area (TPSA) is 109 Å². The van der Waals surface area contributed by atoms with Gasteiger partial charge in [0.1, 0.15) is 11.0 Å². The van der Waals surface area contributed by atoms with E-state index in [-0.39, 0.29) is 17.1 Å². The second-order valence-electron chi connectivity index (χ2n) is 6.88. The van der Waals surface area contributed by atoms with Gasteiger partial charge >= 0.3 is 0 Å². The molecule has 0 spiro atoms. The average molecular weight is 376 g/mol. The minimum absolute atomic E-state index is 0.0685. The summed E-state index contributed by atoms with van der Waals surface area (Å²) in [6.07, 6.45) is 1.65. The molecule has 1 aromatic heterocycles. The van der Waals surface area contributed by atoms with Crippen LogP contribution >= 0.6 is 0 Å². The summed E-state index contributed by atoms with van der Waals surface area (Å²) in [6.45, 7) is 1.58. The summed E-state index contributed by atoms with van der Waals surface area (Å²) >= 11 is 0. The Hall–Kier alpha value is -2.32. The number of Topliss-reactive ketones (excluding diaryl/α,β-unsaturated/α-hetero) is 1. The van der Waals surface area contributed by atoms with Crippen molar-refractivity contribution in [3.05, 3.63) is 41.9 Å². The molecule has 3 unspecified atom stereocenters. The Morgan fingerprint density at radius 3 is 2.77 bits per heavy atom. The van der Waals surface area contributed by atoms with Crippen molar-refractivity contribution in [1.82, 2.24) is 10.6 Å². The minimum Gasteiger partial charge on any atom is -0.464 e. The maximum absolute atomic E-state index is 12.9. The molecule has 7 nitrogen and oxygen atoms in total. The molecule has 0 saturated carbocycles. The van der Waals surface area contributed by atoms with Gasteiger partial charge in [-0.25, -0.2) is 8.42 Å². The van der Waals surface area contributed by atoms with Gasteiger partial charge in [-0.2, -0.15) is 0 Å². The van der Waals surface area contributed by atoms with Crippen LogP contribution in [-0.2, 0) is 14.6 Å². The molecule has 2 aliphatic rings. The molecular weight excluding hydrogens is 356 g/mol. The van der Waals surface area contributed by atoms with Crippen LogP contribution in [0.2, 0.25) is 0 Å². The van der Waals surface area contributed by atoms with E-state index in [0.29, 0.717) is 18.4 Å². The summed E-state index contributed by atoms with van der Waals surface area (Å²) < 4.78 is 31.1. The Kier molecular flexibility index (Phi) is 4.04. The number of carbonyl (C=O) groups excluding carboxylic acids is 1. The van der Waals surface area contributed by atoms with E-state index in [1.165, 1.54) is 6.26 Å². The van der Waals surface area contributed by atoms with Crippen LogP contribution in [0.4, 0.5) is 0 Å². The normalized spacial score (nSPS) is 23.6. The summed E-state index contributed by atoms with van der Waals surface area (Å²) in [5, 5.41) is 15.5. The summed E-state index contributed by atoms with van der Waals surface area (Å²) in [7, 11) is -3.57. The predicted octanol–water partition coefficient (Wildman–Crippen LogP) is 1.44. The van der Waals surface area contributed by atoms with E-state index >= 15 is 0 Å². The second-order valence-corrected chi connectivity index (χ2v) is 9.01. The Labute approximate surface area is 151 Å². The molecule has 4 rings (SSSR count). The van der Waals surface area contributed by atoms with Crippen LogP contribution < -0.4 is 10.6 Å². The number of nitrogens with one attached hydrogen (secondary N) is 2. The summed E-state index contributed by atoms with van der Waals surface area (Å²) in [6, 6.07) is 6.15. The third-order valence-corrected chi connectivity index (χ3v) is 6.80. The number of hydrogen-bond donors (Lipinski definition) is 3. The minimum atomic E-state index is -3.57. The Morgan fingerprint density at radius 1 is 1.27 bits per heavy atom. The first-order chi connectivity index (χ1) is 12.3. The SMILES string of the molecule is CC(O)CC(=O)C1CC2=C(CC(S(=O)(=O)c3ccc4occc4c3)N2)N1. The third kappa shape index (κ3) is 2.89. The lowest BCUT2D eigenvalue weighted by Crippen LogP contribution is -2.38. The number of aliphatic hydroxyl groups excluding tert-OH is 1. The molecule has 0 radical (unpaired) electrons. The van der Waals surface area contributed by atoms with Crippen molar-refractivity contribution in [3.63, 3.8) is 0 Å². The summed E-state index contributed by atoms with van der Waals surface area (Å²) in [5.41, 5.74) is 2.18. The molecule has 0 amide bonds. The molecule has 26 heavy (non-hydrogen) atoms. The standard InChI is InChI=1S/C18H20N2O5S/c1-10(21)6-16(22)15-8-13-14(19-15)9-18(20-13)26(23,24)12-2-3-17-11(7-12)4-5-25-17/h2-5,7,10,15,18-21H,6,8-9H2,1H3. The van der Waals surface area contributed by atoms with Gasteiger partial charge in [0.25, 0.3) is 0 Å². The van der Waals surface area contributed by atoms with Gasteiger partial charge in [0, 0.05) is 36.0 Å². The van der Waals surface area contributed by atoms with Crippen LogP contribution in [0.1, 0.15) is 26.2 Å². The van der Waals surface area contributed by atoms with E-state index in [4.69, 9.17) is 4.42 Å². The fourth-order valence-corrected chi connectivity index (χ4v) is 5.10. The molecule has 0 fully saturated rings. The van der Waals surface area contributed by atoms with Gasteiger partial charge in [-0.3, -0.25) is 4.79 Å². The molecule has 1 aromatic carbocycles. The van der Waals surface area contributed by atoms with Gasteiger partial charge in [-0.1, -0.05) is 0 Å². The number of rotatable bonds is 5. The number of furan rings is 1. The lowest BCUT2D eigenvalue weighted by atomic mass is 10.1. The molecule has 3 N–H and O–H groups in total. The van der Waals surface area contributed by atoms with Gasteiger partial charge < -0.3 is 20.2 Å². The molecule has 2 aromatic rings. The first-order valence-corrected chi connectivity index (χ1v) is 10.1. The van der Waals surface area contributed by atoms with E-state index in [1.807, 2.05) is 0 Å². The zero-order valence-electron chi connectivity index (χ0n) is 14.2. The number of ketones is 1. The highest BCUT2D eigenvalue weighted by Crippen LogP contribution is 2.33. The fourth-order valence-electron chi connectivity index (χ4n) is 3.54. The molecule has 138 valence electrons. The molecule has 0 aliphatic carbocycles. The van der Waals surface area contributed by atoms with Crippen molar-refractivity contribution in [1.29, 1.82) is 0 Å². The quantitative estimate of drug-likeness (QED) is 0.724. The summed E-state index contributed by atoms with van der Waals surface area (Å²) in [5.74, 6) is -0.0685.